The lowest BCUT2D eigenvalue weighted by Crippen LogP contribution is -2.39. The molecule has 0 saturated carbocycles. The summed E-state index contributed by atoms with van der Waals surface area (Å²) in [6.45, 7) is 1.09. The zero-order chi connectivity index (χ0) is 20.1. The van der Waals surface area contributed by atoms with Gasteiger partial charge >= 0.3 is 0 Å². The van der Waals surface area contributed by atoms with Gasteiger partial charge in [0.25, 0.3) is 0 Å². The summed E-state index contributed by atoms with van der Waals surface area (Å²) in [6.07, 6.45) is 4.89. The molecule has 1 aliphatic heterocycles. The molecule has 7 heteroatoms. The van der Waals surface area contributed by atoms with E-state index in [9.17, 15) is 9.18 Å². The van der Waals surface area contributed by atoms with Crippen molar-refractivity contribution in [3.63, 3.8) is 0 Å². The highest BCUT2D eigenvalue weighted by Crippen LogP contribution is 2.36. The second-order valence-corrected chi connectivity index (χ2v) is 7.22. The molecule has 1 saturated heterocycles. The molecule has 1 aliphatic rings. The molecule has 0 spiro atoms. The molecule has 1 aromatic heterocycles. The van der Waals surface area contributed by atoms with Gasteiger partial charge in [0, 0.05) is 39.5 Å². The SMILES string of the molecule is COCCC(=O)N1CCCC[C@H]1c1nc(N(C)C)ncc1-c1cccc(F)c1. The van der Waals surface area contributed by atoms with Gasteiger partial charge in [0.2, 0.25) is 11.9 Å². The van der Waals surface area contributed by atoms with E-state index >= 15 is 0 Å². The van der Waals surface area contributed by atoms with Crippen molar-refractivity contribution in [2.75, 3.05) is 39.3 Å². The fourth-order valence-corrected chi connectivity index (χ4v) is 3.58. The Morgan fingerprint density at radius 1 is 1.36 bits per heavy atom. The molecule has 28 heavy (non-hydrogen) atoms. The van der Waals surface area contributed by atoms with Crippen LogP contribution in [0.1, 0.15) is 37.4 Å². The van der Waals surface area contributed by atoms with Gasteiger partial charge in [-0.15, -0.1) is 0 Å². The van der Waals surface area contributed by atoms with Gasteiger partial charge in [-0.2, -0.15) is 0 Å². The molecule has 1 fully saturated rings. The number of hydrogen-bond donors (Lipinski definition) is 0. The summed E-state index contributed by atoms with van der Waals surface area (Å²) in [6, 6.07) is 6.27. The first-order valence-electron chi connectivity index (χ1n) is 9.60. The Morgan fingerprint density at radius 2 is 2.18 bits per heavy atom. The number of aromatic nitrogens is 2. The lowest BCUT2D eigenvalue weighted by Gasteiger charge is -2.36. The standard InChI is InChI=1S/C21H27FN4O2/c1-25(2)21-23-14-17(15-7-6-8-16(22)13-15)20(24-21)18-9-4-5-11-26(18)19(27)10-12-28-3/h6-8,13-14,18H,4-5,9-12H2,1-3H3/t18-/m0/s1. The van der Waals surface area contributed by atoms with Gasteiger partial charge in [0.05, 0.1) is 24.8 Å². The van der Waals surface area contributed by atoms with Crippen LogP contribution in [0.4, 0.5) is 10.3 Å². The lowest BCUT2D eigenvalue weighted by molar-refractivity contribution is -0.136. The predicted octanol–water partition coefficient (Wildman–Crippen LogP) is 3.44. The quantitative estimate of drug-likeness (QED) is 0.761. The third-order valence-corrected chi connectivity index (χ3v) is 5.00. The summed E-state index contributed by atoms with van der Waals surface area (Å²) >= 11 is 0. The average molecular weight is 386 g/mol. The fraction of sp³-hybridized carbons (Fsp3) is 0.476. The number of benzene rings is 1. The van der Waals surface area contributed by atoms with Crippen molar-refractivity contribution in [2.24, 2.45) is 0 Å². The largest absolute Gasteiger partial charge is 0.384 e. The minimum atomic E-state index is -0.309. The van der Waals surface area contributed by atoms with Crippen molar-refractivity contribution < 1.29 is 13.9 Å². The van der Waals surface area contributed by atoms with E-state index in [4.69, 9.17) is 9.72 Å². The number of piperidine rings is 1. The molecular formula is C21H27FN4O2. The molecule has 1 amide bonds. The van der Waals surface area contributed by atoms with E-state index in [-0.39, 0.29) is 17.8 Å². The van der Waals surface area contributed by atoms with E-state index in [1.54, 1.807) is 19.4 Å². The van der Waals surface area contributed by atoms with E-state index in [1.807, 2.05) is 30.0 Å². The van der Waals surface area contributed by atoms with Crippen molar-refractivity contribution in [3.8, 4) is 11.1 Å². The van der Waals surface area contributed by atoms with E-state index in [0.717, 1.165) is 36.1 Å². The van der Waals surface area contributed by atoms with Gasteiger partial charge in [0.1, 0.15) is 5.82 Å². The highest BCUT2D eigenvalue weighted by molar-refractivity contribution is 5.77. The summed E-state index contributed by atoms with van der Waals surface area (Å²) in [5.41, 5.74) is 2.26. The fourth-order valence-electron chi connectivity index (χ4n) is 3.58. The Hall–Kier alpha value is -2.54. The number of carbonyl (C=O) groups excluding carboxylic acids is 1. The maximum Gasteiger partial charge on any atom is 0.225 e. The highest BCUT2D eigenvalue weighted by atomic mass is 19.1. The number of carbonyl (C=O) groups is 1. The molecule has 0 radical (unpaired) electrons. The minimum absolute atomic E-state index is 0.0572. The maximum atomic E-state index is 13.9. The van der Waals surface area contributed by atoms with Crippen molar-refractivity contribution >= 4 is 11.9 Å². The van der Waals surface area contributed by atoms with Crippen LogP contribution in [0.2, 0.25) is 0 Å². The average Bonchev–Trinajstić information content (AvgIpc) is 2.71. The normalized spacial score (nSPS) is 16.9. The van der Waals surface area contributed by atoms with Gasteiger partial charge in [-0.05, 0) is 37.0 Å². The van der Waals surface area contributed by atoms with Gasteiger partial charge in [-0.1, -0.05) is 12.1 Å². The van der Waals surface area contributed by atoms with Crippen LogP contribution in [-0.4, -0.2) is 55.1 Å². The number of anilines is 1. The Kier molecular flexibility index (Phi) is 6.57. The molecule has 3 rings (SSSR count). The second-order valence-electron chi connectivity index (χ2n) is 7.22. The van der Waals surface area contributed by atoms with Crippen molar-refractivity contribution in [3.05, 3.63) is 42.0 Å². The number of methoxy groups -OCH3 is 1. The van der Waals surface area contributed by atoms with Crippen LogP contribution in [0.3, 0.4) is 0 Å². The third kappa shape index (κ3) is 4.47. The number of rotatable bonds is 6. The minimum Gasteiger partial charge on any atom is -0.384 e. The van der Waals surface area contributed by atoms with Crippen LogP contribution in [0.5, 0.6) is 0 Å². The van der Waals surface area contributed by atoms with E-state index in [2.05, 4.69) is 4.98 Å². The highest BCUT2D eigenvalue weighted by Gasteiger charge is 2.31. The maximum absolute atomic E-state index is 13.9. The first-order valence-corrected chi connectivity index (χ1v) is 9.60. The topological polar surface area (TPSA) is 58.6 Å². The number of halogens is 1. The molecule has 150 valence electrons. The van der Waals surface area contributed by atoms with Crippen LogP contribution in [0, 0.1) is 5.82 Å². The molecule has 6 nitrogen and oxygen atoms in total. The van der Waals surface area contributed by atoms with Crippen LogP contribution in [0.25, 0.3) is 11.1 Å². The van der Waals surface area contributed by atoms with E-state index < -0.39 is 0 Å². The third-order valence-electron chi connectivity index (χ3n) is 5.00. The number of ether oxygens (including phenoxy) is 1. The summed E-state index contributed by atoms with van der Waals surface area (Å²) in [5, 5.41) is 0. The molecule has 0 aliphatic carbocycles. The van der Waals surface area contributed by atoms with Gasteiger partial charge < -0.3 is 14.5 Å². The van der Waals surface area contributed by atoms with Gasteiger partial charge in [-0.3, -0.25) is 4.79 Å². The molecule has 2 heterocycles. The first-order chi connectivity index (χ1) is 13.5. The molecule has 1 atom stereocenters. The van der Waals surface area contributed by atoms with E-state index in [0.29, 0.717) is 25.5 Å². The smallest absolute Gasteiger partial charge is 0.225 e. The van der Waals surface area contributed by atoms with Crippen molar-refractivity contribution in [1.29, 1.82) is 0 Å². The summed E-state index contributed by atoms with van der Waals surface area (Å²) in [5.74, 6) is 0.323. The Balaban J connectivity index is 2.05. The second kappa shape index (κ2) is 9.10. The Labute approximate surface area is 165 Å². The Morgan fingerprint density at radius 3 is 2.89 bits per heavy atom. The van der Waals surface area contributed by atoms with Crippen LogP contribution in [0.15, 0.2) is 30.5 Å². The van der Waals surface area contributed by atoms with Crippen LogP contribution >= 0.6 is 0 Å². The molecule has 0 bridgehead atoms. The number of amides is 1. The van der Waals surface area contributed by atoms with Crippen molar-refractivity contribution in [1.82, 2.24) is 14.9 Å². The van der Waals surface area contributed by atoms with E-state index in [1.165, 1.54) is 12.1 Å². The zero-order valence-corrected chi connectivity index (χ0v) is 16.7. The lowest BCUT2D eigenvalue weighted by atomic mass is 9.93. The summed E-state index contributed by atoms with van der Waals surface area (Å²) in [4.78, 5) is 25.7. The molecule has 2 aromatic rings. The number of nitrogens with zero attached hydrogens (tertiary/aromatic N) is 4. The number of likely N-dealkylation sites (tertiary alicyclic amines) is 1. The molecule has 0 unspecified atom stereocenters. The van der Waals surface area contributed by atoms with Crippen LogP contribution < -0.4 is 4.90 Å². The van der Waals surface area contributed by atoms with Crippen LogP contribution in [-0.2, 0) is 9.53 Å². The predicted molar refractivity (Wildman–Crippen MR) is 107 cm³/mol. The molecular weight excluding hydrogens is 359 g/mol. The Bertz CT molecular complexity index is 828. The molecule has 1 aromatic carbocycles. The van der Waals surface area contributed by atoms with Crippen molar-refractivity contribution in [2.45, 2.75) is 31.7 Å². The summed E-state index contributed by atoms with van der Waals surface area (Å²) < 4.78 is 18.9. The first kappa shape index (κ1) is 20.2. The number of hydrogen-bond acceptors (Lipinski definition) is 5. The van der Waals surface area contributed by atoms with Gasteiger partial charge in [0.15, 0.2) is 0 Å². The van der Waals surface area contributed by atoms with Gasteiger partial charge in [-0.25, -0.2) is 14.4 Å². The summed E-state index contributed by atoms with van der Waals surface area (Å²) in [7, 11) is 5.35. The molecule has 0 N–H and O–H groups in total. The zero-order valence-electron chi connectivity index (χ0n) is 16.7. The monoisotopic (exact) mass is 386 g/mol.